The molecular weight excluding hydrogens is 242 g/mol. The first kappa shape index (κ1) is 14.0. The highest BCUT2D eigenvalue weighted by molar-refractivity contribution is 7.89. The lowest BCUT2D eigenvalue weighted by atomic mass is 10.3. The Morgan fingerprint density at radius 2 is 2.12 bits per heavy atom. The second-order valence-electron chi connectivity index (χ2n) is 3.51. The molecule has 6 heteroatoms. The van der Waals surface area contributed by atoms with E-state index in [0.29, 0.717) is 25.1 Å². The van der Waals surface area contributed by atoms with Crippen molar-refractivity contribution >= 4 is 10.0 Å². The maximum Gasteiger partial charge on any atom is 0.240 e. The van der Waals surface area contributed by atoms with Crippen molar-refractivity contribution in [1.29, 1.82) is 0 Å². The Hall–Kier alpha value is -1.11. The van der Waals surface area contributed by atoms with E-state index in [4.69, 9.17) is 9.84 Å². The molecule has 0 unspecified atom stereocenters. The molecule has 0 aliphatic heterocycles. The van der Waals surface area contributed by atoms with E-state index in [1.807, 2.05) is 0 Å². The van der Waals surface area contributed by atoms with E-state index in [1.54, 1.807) is 12.1 Å². The Labute approximate surface area is 101 Å². The summed E-state index contributed by atoms with van der Waals surface area (Å²) in [6, 6.07) is 6.29. The molecule has 96 valence electrons. The van der Waals surface area contributed by atoms with Crippen LogP contribution >= 0.6 is 0 Å². The smallest absolute Gasteiger partial charge is 0.240 e. The summed E-state index contributed by atoms with van der Waals surface area (Å²) in [4.78, 5) is 0.181. The van der Waals surface area contributed by atoms with Gasteiger partial charge < -0.3 is 9.84 Å². The summed E-state index contributed by atoms with van der Waals surface area (Å²) in [7, 11) is -2.00. The Morgan fingerprint density at radius 3 is 2.76 bits per heavy atom. The topological polar surface area (TPSA) is 75.6 Å². The predicted molar refractivity (Wildman–Crippen MR) is 64.5 cm³/mol. The molecule has 0 radical (unpaired) electrons. The van der Waals surface area contributed by atoms with Crippen LogP contribution in [0.5, 0.6) is 5.75 Å². The molecule has 0 atom stereocenters. The number of hydrogen-bond acceptors (Lipinski definition) is 4. The summed E-state index contributed by atoms with van der Waals surface area (Å²) in [5.41, 5.74) is 0. The van der Waals surface area contributed by atoms with E-state index < -0.39 is 10.0 Å². The first-order chi connectivity index (χ1) is 8.10. The molecule has 0 fully saturated rings. The average molecular weight is 259 g/mol. The molecule has 0 heterocycles. The molecule has 5 nitrogen and oxygen atoms in total. The zero-order valence-electron chi connectivity index (χ0n) is 9.72. The molecule has 17 heavy (non-hydrogen) atoms. The van der Waals surface area contributed by atoms with Crippen LogP contribution in [0.1, 0.15) is 12.8 Å². The lowest BCUT2D eigenvalue weighted by molar-refractivity contribution is 0.285. The van der Waals surface area contributed by atoms with Crippen LogP contribution in [-0.2, 0) is 10.0 Å². The molecule has 0 spiro atoms. The molecule has 1 aromatic carbocycles. The van der Waals surface area contributed by atoms with E-state index in [1.165, 1.54) is 19.2 Å². The van der Waals surface area contributed by atoms with Gasteiger partial charge in [0, 0.05) is 19.2 Å². The highest BCUT2D eigenvalue weighted by Crippen LogP contribution is 2.16. The number of hydrogen-bond donors (Lipinski definition) is 2. The SMILES string of the molecule is COc1cccc(S(=O)(=O)NCCCCO)c1. The molecule has 0 saturated carbocycles. The highest BCUT2D eigenvalue weighted by Gasteiger charge is 2.13. The maximum absolute atomic E-state index is 11.8. The first-order valence-corrected chi connectivity index (χ1v) is 6.83. The normalized spacial score (nSPS) is 11.4. The minimum atomic E-state index is -3.48. The molecule has 1 aromatic rings. The number of methoxy groups -OCH3 is 1. The summed E-state index contributed by atoms with van der Waals surface area (Å²) in [5, 5.41) is 8.59. The molecule has 1 rings (SSSR count). The third-order valence-electron chi connectivity index (χ3n) is 2.23. The maximum atomic E-state index is 11.8. The summed E-state index contributed by atoms with van der Waals surface area (Å²) in [5.74, 6) is 0.503. The molecule has 0 aliphatic rings. The Kier molecular flexibility index (Phi) is 5.40. The van der Waals surface area contributed by atoms with Crippen LogP contribution in [0.4, 0.5) is 0 Å². The second-order valence-corrected chi connectivity index (χ2v) is 5.27. The van der Waals surface area contributed by atoms with E-state index in [2.05, 4.69) is 4.72 Å². The zero-order chi connectivity index (χ0) is 12.7. The van der Waals surface area contributed by atoms with E-state index in [0.717, 1.165) is 0 Å². The average Bonchev–Trinajstić information content (AvgIpc) is 2.35. The van der Waals surface area contributed by atoms with Gasteiger partial charge in [0.25, 0.3) is 0 Å². The van der Waals surface area contributed by atoms with Gasteiger partial charge in [0.2, 0.25) is 10.0 Å². The number of unbranched alkanes of at least 4 members (excludes halogenated alkanes) is 1. The van der Waals surface area contributed by atoms with Crippen molar-refractivity contribution in [2.45, 2.75) is 17.7 Å². The van der Waals surface area contributed by atoms with Crippen molar-refractivity contribution in [1.82, 2.24) is 4.72 Å². The van der Waals surface area contributed by atoms with Gasteiger partial charge >= 0.3 is 0 Å². The van der Waals surface area contributed by atoms with Crippen LogP contribution in [0.2, 0.25) is 0 Å². The Bertz CT molecular complexity index is 445. The lowest BCUT2D eigenvalue weighted by Crippen LogP contribution is -2.24. The third kappa shape index (κ3) is 4.33. The molecule has 0 aromatic heterocycles. The van der Waals surface area contributed by atoms with Crippen molar-refractivity contribution in [2.24, 2.45) is 0 Å². The van der Waals surface area contributed by atoms with Crippen LogP contribution < -0.4 is 9.46 Å². The van der Waals surface area contributed by atoms with Crippen LogP contribution in [0.15, 0.2) is 29.2 Å². The first-order valence-electron chi connectivity index (χ1n) is 5.35. The number of nitrogens with one attached hydrogen (secondary N) is 1. The number of ether oxygens (including phenoxy) is 1. The third-order valence-corrected chi connectivity index (χ3v) is 3.69. The van der Waals surface area contributed by atoms with Gasteiger partial charge in [-0.2, -0.15) is 0 Å². The van der Waals surface area contributed by atoms with Gasteiger partial charge in [-0.3, -0.25) is 0 Å². The molecule has 0 bridgehead atoms. The largest absolute Gasteiger partial charge is 0.497 e. The molecule has 0 aliphatic carbocycles. The van der Waals surface area contributed by atoms with Crippen LogP contribution in [0.3, 0.4) is 0 Å². The second kappa shape index (κ2) is 6.58. The van der Waals surface area contributed by atoms with Gasteiger partial charge in [-0.05, 0) is 25.0 Å². The van der Waals surface area contributed by atoms with Crippen molar-refractivity contribution in [3.05, 3.63) is 24.3 Å². The van der Waals surface area contributed by atoms with Crippen molar-refractivity contribution in [3.8, 4) is 5.75 Å². The molecule has 0 amide bonds. The fraction of sp³-hybridized carbons (Fsp3) is 0.455. The van der Waals surface area contributed by atoms with Crippen LogP contribution in [-0.4, -0.2) is 33.8 Å². The van der Waals surface area contributed by atoms with Gasteiger partial charge in [-0.1, -0.05) is 6.07 Å². The minimum Gasteiger partial charge on any atom is -0.497 e. The lowest BCUT2D eigenvalue weighted by Gasteiger charge is -2.07. The Balaban J connectivity index is 2.68. The van der Waals surface area contributed by atoms with Gasteiger partial charge in [0.1, 0.15) is 5.75 Å². The summed E-state index contributed by atoms with van der Waals surface area (Å²) >= 11 is 0. The number of rotatable bonds is 7. The molecule has 0 saturated heterocycles. The van der Waals surface area contributed by atoms with Crippen LogP contribution in [0, 0.1) is 0 Å². The van der Waals surface area contributed by atoms with E-state index in [-0.39, 0.29) is 11.5 Å². The van der Waals surface area contributed by atoms with Crippen molar-refractivity contribution < 1.29 is 18.3 Å². The zero-order valence-corrected chi connectivity index (χ0v) is 10.5. The fourth-order valence-corrected chi connectivity index (χ4v) is 2.40. The number of benzene rings is 1. The Morgan fingerprint density at radius 1 is 1.35 bits per heavy atom. The quantitative estimate of drug-likeness (QED) is 0.708. The molecule has 2 N–H and O–H groups in total. The fourth-order valence-electron chi connectivity index (χ4n) is 1.30. The standard InChI is InChI=1S/C11H17NO4S/c1-16-10-5-4-6-11(9-10)17(14,15)12-7-2-3-8-13/h4-6,9,12-13H,2-3,7-8H2,1H3. The number of aliphatic hydroxyl groups is 1. The van der Waals surface area contributed by atoms with Crippen molar-refractivity contribution in [3.63, 3.8) is 0 Å². The predicted octanol–water partition coefficient (Wildman–Crippen LogP) is 0.746. The molecular formula is C11H17NO4S. The number of aliphatic hydroxyl groups excluding tert-OH is 1. The van der Waals surface area contributed by atoms with Gasteiger partial charge in [0.15, 0.2) is 0 Å². The van der Waals surface area contributed by atoms with Gasteiger partial charge in [0.05, 0.1) is 12.0 Å². The highest BCUT2D eigenvalue weighted by atomic mass is 32.2. The number of sulfonamides is 1. The minimum absolute atomic E-state index is 0.0703. The van der Waals surface area contributed by atoms with Crippen LogP contribution in [0.25, 0.3) is 0 Å². The van der Waals surface area contributed by atoms with Gasteiger partial charge in [-0.15, -0.1) is 0 Å². The van der Waals surface area contributed by atoms with Gasteiger partial charge in [-0.25, -0.2) is 13.1 Å². The van der Waals surface area contributed by atoms with Crippen molar-refractivity contribution in [2.75, 3.05) is 20.3 Å². The summed E-state index contributed by atoms with van der Waals surface area (Å²) in [6.07, 6.45) is 1.19. The summed E-state index contributed by atoms with van der Waals surface area (Å²) in [6.45, 7) is 0.390. The van der Waals surface area contributed by atoms with E-state index in [9.17, 15) is 8.42 Å². The monoisotopic (exact) mass is 259 g/mol. The van der Waals surface area contributed by atoms with E-state index >= 15 is 0 Å². The summed E-state index contributed by atoms with van der Waals surface area (Å²) < 4.78 is 31.1.